The molecule has 0 saturated carbocycles. The van der Waals surface area contributed by atoms with Gasteiger partial charge in [-0.15, -0.1) is 0 Å². The Morgan fingerprint density at radius 3 is 2.35 bits per heavy atom. The fraction of sp³-hybridized carbons (Fsp3) is 0.407. The van der Waals surface area contributed by atoms with E-state index >= 15 is 0 Å². The molecule has 7 nitrogen and oxygen atoms in total. The molecule has 34 heavy (non-hydrogen) atoms. The van der Waals surface area contributed by atoms with Crippen LogP contribution in [0.2, 0.25) is 0 Å². The van der Waals surface area contributed by atoms with Crippen molar-refractivity contribution in [1.29, 1.82) is 0 Å². The van der Waals surface area contributed by atoms with Crippen LogP contribution in [0.4, 0.5) is 0 Å². The first-order valence-corrected chi connectivity index (χ1v) is 11.9. The number of nitrogens with two attached hydrogens (primary N) is 1. The molecule has 0 aliphatic heterocycles. The van der Waals surface area contributed by atoms with Crippen molar-refractivity contribution < 1.29 is 14.7 Å². The Balaban J connectivity index is 1.76. The van der Waals surface area contributed by atoms with E-state index in [4.69, 9.17) is 5.73 Å². The van der Waals surface area contributed by atoms with Gasteiger partial charge in [-0.25, -0.2) is 4.98 Å². The van der Waals surface area contributed by atoms with Crippen molar-refractivity contribution in [3.8, 4) is 0 Å². The van der Waals surface area contributed by atoms with Crippen LogP contribution in [0.25, 0.3) is 11.0 Å². The number of hydrogen-bond acceptors (Lipinski definition) is 5. The Kier molecular flexibility index (Phi) is 9.10. The Morgan fingerprint density at radius 2 is 1.68 bits per heavy atom. The summed E-state index contributed by atoms with van der Waals surface area (Å²) < 4.78 is 0. The van der Waals surface area contributed by atoms with Crippen LogP contribution in [0.1, 0.15) is 55.6 Å². The molecule has 7 heteroatoms. The van der Waals surface area contributed by atoms with E-state index in [0.717, 1.165) is 18.4 Å². The Labute approximate surface area is 200 Å². The van der Waals surface area contributed by atoms with Crippen LogP contribution in [0.3, 0.4) is 0 Å². The first-order valence-electron chi connectivity index (χ1n) is 11.9. The minimum Gasteiger partial charge on any atom is -0.391 e. The number of hydrogen-bond donors (Lipinski definition) is 3. The molecule has 0 unspecified atom stereocenters. The van der Waals surface area contributed by atoms with Gasteiger partial charge in [0.05, 0.1) is 29.4 Å². The number of primary amides is 1. The van der Waals surface area contributed by atoms with E-state index in [1.54, 1.807) is 6.07 Å². The fourth-order valence-electron chi connectivity index (χ4n) is 4.06. The molecule has 0 fully saturated rings. The molecule has 0 bridgehead atoms. The highest BCUT2D eigenvalue weighted by Crippen LogP contribution is 2.20. The molecular formula is C27H34N4O3. The number of amides is 2. The molecule has 2 aromatic carbocycles. The monoisotopic (exact) mass is 462 g/mol. The first kappa shape index (κ1) is 25.3. The summed E-state index contributed by atoms with van der Waals surface area (Å²) in [5.41, 5.74) is 8.10. The number of rotatable bonds is 12. The SMILES string of the molecule is CC(C)CCC[C@H](C[C@H](O)[C@H](Cc1ccccc1)NC(=O)c1cnc2ccccc2n1)C(N)=O. The van der Waals surface area contributed by atoms with E-state index in [0.29, 0.717) is 29.8 Å². The van der Waals surface area contributed by atoms with E-state index < -0.39 is 29.9 Å². The predicted molar refractivity (Wildman–Crippen MR) is 133 cm³/mol. The van der Waals surface area contributed by atoms with Gasteiger partial charge >= 0.3 is 0 Å². The van der Waals surface area contributed by atoms with Gasteiger partial charge in [-0.1, -0.05) is 69.2 Å². The third-order valence-corrected chi connectivity index (χ3v) is 6.02. The van der Waals surface area contributed by atoms with Gasteiger partial charge in [-0.3, -0.25) is 14.6 Å². The lowest BCUT2D eigenvalue weighted by molar-refractivity contribution is -0.123. The molecule has 0 aliphatic rings. The van der Waals surface area contributed by atoms with Gasteiger partial charge in [0, 0.05) is 5.92 Å². The van der Waals surface area contributed by atoms with Gasteiger partial charge in [0.25, 0.3) is 5.91 Å². The lowest BCUT2D eigenvalue weighted by Crippen LogP contribution is -2.46. The van der Waals surface area contributed by atoms with Crippen LogP contribution >= 0.6 is 0 Å². The van der Waals surface area contributed by atoms with Crippen LogP contribution < -0.4 is 11.1 Å². The first-order chi connectivity index (χ1) is 16.3. The zero-order valence-corrected chi connectivity index (χ0v) is 19.9. The molecule has 0 radical (unpaired) electrons. The standard InChI is InChI=1S/C27H34N4O3/c1-18(2)9-8-12-20(26(28)33)16-25(32)23(15-19-10-4-3-5-11-19)31-27(34)24-17-29-21-13-6-7-14-22(21)30-24/h3-7,10-11,13-14,17-18,20,23,25,32H,8-9,12,15-16H2,1-2H3,(H2,28,33)(H,31,34)/t20-,23+,25+/m1/s1. The number of benzene rings is 2. The van der Waals surface area contributed by atoms with Crippen LogP contribution in [-0.4, -0.2) is 39.0 Å². The molecular weight excluding hydrogens is 428 g/mol. The summed E-state index contributed by atoms with van der Waals surface area (Å²) in [6, 6.07) is 16.3. The topological polar surface area (TPSA) is 118 Å². The summed E-state index contributed by atoms with van der Waals surface area (Å²) in [6.07, 6.45) is 3.55. The van der Waals surface area contributed by atoms with Gasteiger partial charge in [0.2, 0.25) is 5.91 Å². The quantitative estimate of drug-likeness (QED) is 0.380. The van der Waals surface area contributed by atoms with Crippen molar-refractivity contribution in [3.63, 3.8) is 0 Å². The molecule has 0 aliphatic carbocycles. The summed E-state index contributed by atoms with van der Waals surface area (Å²) in [5, 5.41) is 14.0. The number of nitrogens with one attached hydrogen (secondary N) is 1. The van der Waals surface area contributed by atoms with E-state index in [1.165, 1.54) is 6.20 Å². The number of carbonyl (C=O) groups is 2. The largest absolute Gasteiger partial charge is 0.391 e. The third kappa shape index (κ3) is 7.35. The number of aromatic nitrogens is 2. The molecule has 3 rings (SSSR count). The fourth-order valence-corrected chi connectivity index (χ4v) is 4.06. The van der Waals surface area contributed by atoms with Crippen LogP contribution in [0.15, 0.2) is 60.8 Å². The Bertz CT molecular complexity index is 1090. The number of aliphatic hydroxyl groups excluding tert-OH is 1. The molecule has 1 aromatic heterocycles. The van der Waals surface area contributed by atoms with Gasteiger partial charge in [0.1, 0.15) is 5.69 Å². The van der Waals surface area contributed by atoms with Crippen molar-refractivity contribution in [2.75, 3.05) is 0 Å². The van der Waals surface area contributed by atoms with E-state index in [1.807, 2.05) is 48.5 Å². The van der Waals surface area contributed by atoms with Gasteiger partial charge in [-0.2, -0.15) is 0 Å². The number of para-hydroxylation sites is 2. The van der Waals surface area contributed by atoms with Gasteiger partial charge in [-0.05, 0) is 42.9 Å². The average Bonchev–Trinajstić information content (AvgIpc) is 2.82. The normalized spacial score (nSPS) is 14.0. The second-order valence-electron chi connectivity index (χ2n) is 9.24. The van der Waals surface area contributed by atoms with Gasteiger partial charge in [0.15, 0.2) is 0 Å². The maximum Gasteiger partial charge on any atom is 0.271 e. The summed E-state index contributed by atoms with van der Waals surface area (Å²) in [7, 11) is 0. The predicted octanol–water partition coefficient (Wildman–Crippen LogP) is 3.65. The highest BCUT2D eigenvalue weighted by molar-refractivity contribution is 5.94. The van der Waals surface area contributed by atoms with Crippen molar-refractivity contribution in [1.82, 2.24) is 15.3 Å². The maximum absolute atomic E-state index is 13.0. The summed E-state index contributed by atoms with van der Waals surface area (Å²) >= 11 is 0. The minimum absolute atomic E-state index is 0.173. The highest BCUT2D eigenvalue weighted by Gasteiger charge is 2.28. The van der Waals surface area contributed by atoms with Crippen molar-refractivity contribution in [2.24, 2.45) is 17.6 Å². The lowest BCUT2D eigenvalue weighted by Gasteiger charge is -2.27. The van der Waals surface area contributed by atoms with E-state index in [2.05, 4.69) is 29.1 Å². The number of nitrogens with zero attached hydrogens (tertiary/aromatic N) is 2. The van der Waals surface area contributed by atoms with Crippen molar-refractivity contribution in [3.05, 3.63) is 72.1 Å². The zero-order chi connectivity index (χ0) is 24.5. The molecule has 0 spiro atoms. The maximum atomic E-state index is 13.0. The summed E-state index contributed by atoms with van der Waals surface area (Å²) in [6.45, 7) is 4.27. The second kappa shape index (κ2) is 12.2. The zero-order valence-electron chi connectivity index (χ0n) is 19.9. The molecule has 3 atom stereocenters. The van der Waals surface area contributed by atoms with Crippen LogP contribution in [-0.2, 0) is 11.2 Å². The summed E-state index contributed by atoms with van der Waals surface area (Å²) in [5.74, 6) is -0.766. The Morgan fingerprint density at radius 1 is 1.00 bits per heavy atom. The molecule has 4 N–H and O–H groups in total. The third-order valence-electron chi connectivity index (χ3n) is 6.02. The van der Waals surface area contributed by atoms with Crippen LogP contribution in [0.5, 0.6) is 0 Å². The lowest BCUT2D eigenvalue weighted by atomic mass is 9.89. The number of aliphatic hydroxyl groups is 1. The average molecular weight is 463 g/mol. The Hall–Kier alpha value is -3.32. The van der Waals surface area contributed by atoms with Crippen molar-refractivity contribution >= 4 is 22.8 Å². The molecule has 180 valence electrons. The molecule has 1 heterocycles. The summed E-state index contributed by atoms with van der Waals surface area (Å²) in [4.78, 5) is 33.8. The molecule has 2 amide bonds. The number of fused-ring (bicyclic) bond motifs is 1. The van der Waals surface area contributed by atoms with E-state index in [-0.39, 0.29) is 12.1 Å². The molecule has 3 aromatic rings. The van der Waals surface area contributed by atoms with Crippen molar-refractivity contribution in [2.45, 2.75) is 58.1 Å². The smallest absolute Gasteiger partial charge is 0.271 e. The second-order valence-corrected chi connectivity index (χ2v) is 9.24. The molecule has 0 saturated heterocycles. The van der Waals surface area contributed by atoms with E-state index in [9.17, 15) is 14.7 Å². The highest BCUT2D eigenvalue weighted by atomic mass is 16.3. The van der Waals surface area contributed by atoms with Gasteiger partial charge < -0.3 is 16.2 Å². The number of carbonyl (C=O) groups excluding carboxylic acids is 2. The minimum atomic E-state index is -0.950. The van der Waals surface area contributed by atoms with Crippen LogP contribution in [0, 0.1) is 11.8 Å².